The number of hydrogen-bond donors (Lipinski definition) is 2. The molecule has 2 N–H and O–H groups in total. The number of hydrogen-bond acceptors (Lipinski definition) is 4. The zero-order valence-electron chi connectivity index (χ0n) is 11.5. The van der Waals surface area contributed by atoms with Crippen molar-refractivity contribution >= 4 is 9.84 Å². The first-order chi connectivity index (χ1) is 9.25. The van der Waals surface area contributed by atoms with Crippen LogP contribution in [0.5, 0.6) is 11.5 Å². The van der Waals surface area contributed by atoms with Crippen molar-refractivity contribution in [1.82, 2.24) is 0 Å². The highest BCUT2D eigenvalue weighted by molar-refractivity contribution is 7.91. The van der Waals surface area contributed by atoms with Gasteiger partial charge in [0.25, 0.3) is 0 Å². The van der Waals surface area contributed by atoms with Gasteiger partial charge in [-0.2, -0.15) is 0 Å². The molecule has 0 aliphatic rings. The van der Waals surface area contributed by atoms with Gasteiger partial charge < -0.3 is 10.2 Å². The van der Waals surface area contributed by atoms with E-state index in [1.807, 2.05) is 0 Å². The molecular weight excluding hydrogens is 276 g/mol. The van der Waals surface area contributed by atoms with E-state index >= 15 is 0 Å². The summed E-state index contributed by atoms with van der Waals surface area (Å²) in [4.78, 5) is 0.139. The first-order valence-corrected chi connectivity index (χ1v) is 7.57. The Hall–Kier alpha value is -2.01. The van der Waals surface area contributed by atoms with E-state index in [0.29, 0.717) is 16.7 Å². The summed E-state index contributed by atoms with van der Waals surface area (Å²) in [7, 11) is -3.80. The highest BCUT2D eigenvalue weighted by Gasteiger charge is 2.25. The lowest BCUT2D eigenvalue weighted by atomic mass is 10.1. The lowest BCUT2D eigenvalue weighted by molar-refractivity contribution is 0.468. The summed E-state index contributed by atoms with van der Waals surface area (Å²) in [6.45, 7) is 4.91. The number of sulfone groups is 1. The third-order valence-corrected chi connectivity index (χ3v) is 5.49. The van der Waals surface area contributed by atoms with E-state index in [1.54, 1.807) is 32.9 Å². The second kappa shape index (κ2) is 4.83. The lowest BCUT2D eigenvalue weighted by Gasteiger charge is -2.14. The molecule has 0 unspecified atom stereocenters. The van der Waals surface area contributed by atoms with Crippen LogP contribution >= 0.6 is 0 Å². The van der Waals surface area contributed by atoms with E-state index in [4.69, 9.17) is 0 Å². The Morgan fingerprint density at radius 3 is 2.15 bits per heavy atom. The molecule has 5 heteroatoms. The molecule has 20 heavy (non-hydrogen) atoms. The second-order valence-corrected chi connectivity index (χ2v) is 6.66. The van der Waals surface area contributed by atoms with E-state index in [-0.39, 0.29) is 21.3 Å². The van der Waals surface area contributed by atoms with Gasteiger partial charge in [0.2, 0.25) is 9.84 Å². The van der Waals surface area contributed by atoms with Crippen molar-refractivity contribution in [2.24, 2.45) is 0 Å². The molecule has 2 rings (SSSR count). The molecule has 0 saturated heterocycles. The molecule has 0 spiro atoms. The standard InChI is InChI=1S/C15H16O4S/c1-9-4-6-12(16)8-14(9)20(18,19)15-10(2)5-7-13(17)11(15)3/h4-8,16-17H,1-3H3. The Balaban J connectivity index is 2.80. The molecule has 0 atom stereocenters. The van der Waals surface area contributed by atoms with Gasteiger partial charge in [-0.1, -0.05) is 12.1 Å². The van der Waals surface area contributed by atoms with Crippen LogP contribution in [0.25, 0.3) is 0 Å². The number of phenolic OH excluding ortho intramolecular Hbond substituents is 2. The maximum absolute atomic E-state index is 12.8. The molecule has 0 aliphatic heterocycles. The summed E-state index contributed by atoms with van der Waals surface area (Å²) >= 11 is 0. The van der Waals surface area contributed by atoms with Crippen LogP contribution in [-0.4, -0.2) is 18.6 Å². The van der Waals surface area contributed by atoms with Crippen molar-refractivity contribution in [3.8, 4) is 11.5 Å². The summed E-state index contributed by atoms with van der Waals surface area (Å²) in [5.74, 6) is -0.170. The average Bonchev–Trinajstić information content (AvgIpc) is 2.37. The van der Waals surface area contributed by atoms with Crippen molar-refractivity contribution in [1.29, 1.82) is 0 Å². The van der Waals surface area contributed by atoms with E-state index in [0.717, 1.165) is 0 Å². The Kier molecular flexibility index (Phi) is 3.48. The second-order valence-electron chi connectivity index (χ2n) is 4.81. The Bertz CT molecular complexity index is 777. The molecule has 4 nitrogen and oxygen atoms in total. The molecule has 0 amide bonds. The molecular formula is C15H16O4S. The van der Waals surface area contributed by atoms with Gasteiger partial charge in [0.1, 0.15) is 11.5 Å². The van der Waals surface area contributed by atoms with Crippen molar-refractivity contribution in [3.05, 3.63) is 47.0 Å². The maximum atomic E-state index is 12.8. The van der Waals surface area contributed by atoms with E-state index < -0.39 is 9.84 Å². The minimum absolute atomic E-state index is 0.0503. The first-order valence-electron chi connectivity index (χ1n) is 6.09. The normalized spacial score (nSPS) is 11.6. The van der Waals surface area contributed by atoms with Crippen LogP contribution in [0.2, 0.25) is 0 Å². The Morgan fingerprint density at radius 2 is 1.50 bits per heavy atom. The monoisotopic (exact) mass is 292 g/mol. The highest BCUT2D eigenvalue weighted by atomic mass is 32.2. The number of benzene rings is 2. The summed E-state index contributed by atoms with van der Waals surface area (Å²) < 4.78 is 25.6. The van der Waals surface area contributed by atoms with Gasteiger partial charge in [0.05, 0.1) is 9.79 Å². The van der Waals surface area contributed by atoms with Gasteiger partial charge in [-0.3, -0.25) is 0 Å². The number of phenols is 2. The van der Waals surface area contributed by atoms with E-state index in [2.05, 4.69) is 0 Å². The van der Waals surface area contributed by atoms with Crippen molar-refractivity contribution in [3.63, 3.8) is 0 Å². The van der Waals surface area contributed by atoms with Crippen LogP contribution in [0.15, 0.2) is 40.1 Å². The third kappa shape index (κ3) is 2.25. The van der Waals surface area contributed by atoms with Gasteiger partial charge >= 0.3 is 0 Å². The third-order valence-electron chi connectivity index (χ3n) is 3.30. The molecule has 0 heterocycles. The van der Waals surface area contributed by atoms with Crippen molar-refractivity contribution in [2.75, 3.05) is 0 Å². The summed E-state index contributed by atoms with van der Waals surface area (Å²) in [6.07, 6.45) is 0. The predicted octanol–water partition coefficient (Wildman–Crippen LogP) is 2.86. The molecule has 0 fully saturated rings. The van der Waals surface area contributed by atoms with Crippen LogP contribution in [-0.2, 0) is 9.84 Å². The molecule has 2 aromatic carbocycles. The quantitative estimate of drug-likeness (QED) is 0.892. The van der Waals surface area contributed by atoms with Gasteiger partial charge in [-0.15, -0.1) is 0 Å². The molecule has 0 saturated carbocycles. The van der Waals surface area contributed by atoms with Gasteiger partial charge in [-0.25, -0.2) is 8.42 Å². The SMILES string of the molecule is Cc1ccc(O)cc1S(=O)(=O)c1c(C)ccc(O)c1C. The minimum Gasteiger partial charge on any atom is -0.508 e. The van der Waals surface area contributed by atoms with Crippen LogP contribution in [0.3, 0.4) is 0 Å². The molecule has 2 aromatic rings. The number of aryl methyl sites for hydroxylation is 2. The van der Waals surface area contributed by atoms with Crippen LogP contribution in [0.4, 0.5) is 0 Å². The fourth-order valence-electron chi connectivity index (χ4n) is 2.22. The fourth-order valence-corrected chi connectivity index (χ4v) is 4.21. The number of rotatable bonds is 2. The Morgan fingerprint density at radius 1 is 0.900 bits per heavy atom. The van der Waals surface area contributed by atoms with E-state index in [9.17, 15) is 18.6 Å². The minimum atomic E-state index is -3.80. The zero-order chi connectivity index (χ0) is 15.1. The molecule has 0 aromatic heterocycles. The van der Waals surface area contributed by atoms with Gasteiger partial charge in [0, 0.05) is 5.56 Å². The van der Waals surface area contributed by atoms with Gasteiger partial charge in [0.15, 0.2) is 0 Å². The largest absolute Gasteiger partial charge is 0.508 e. The summed E-state index contributed by atoms with van der Waals surface area (Å²) in [5, 5.41) is 19.3. The summed E-state index contributed by atoms with van der Waals surface area (Å²) in [6, 6.07) is 7.26. The fraction of sp³-hybridized carbons (Fsp3) is 0.200. The molecule has 0 bridgehead atoms. The van der Waals surface area contributed by atoms with Crippen LogP contribution in [0, 0.1) is 20.8 Å². The zero-order valence-corrected chi connectivity index (χ0v) is 12.3. The highest BCUT2D eigenvalue weighted by Crippen LogP contribution is 2.34. The molecule has 0 aliphatic carbocycles. The lowest BCUT2D eigenvalue weighted by Crippen LogP contribution is -2.08. The van der Waals surface area contributed by atoms with E-state index in [1.165, 1.54) is 18.2 Å². The van der Waals surface area contributed by atoms with Crippen LogP contribution in [0.1, 0.15) is 16.7 Å². The van der Waals surface area contributed by atoms with Crippen molar-refractivity contribution < 1.29 is 18.6 Å². The maximum Gasteiger partial charge on any atom is 0.207 e. The van der Waals surface area contributed by atoms with Crippen LogP contribution < -0.4 is 0 Å². The predicted molar refractivity (Wildman–Crippen MR) is 75.9 cm³/mol. The van der Waals surface area contributed by atoms with Gasteiger partial charge in [-0.05, 0) is 50.1 Å². The smallest absolute Gasteiger partial charge is 0.207 e. The molecule has 106 valence electrons. The topological polar surface area (TPSA) is 74.6 Å². The van der Waals surface area contributed by atoms with Crippen molar-refractivity contribution in [2.45, 2.75) is 30.6 Å². The Labute approximate surface area is 118 Å². The average molecular weight is 292 g/mol. The molecule has 0 radical (unpaired) electrons. The number of aromatic hydroxyl groups is 2. The first kappa shape index (κ1) is 14.4. The summed E-state index contributed by atoms with van der Waals surface area (Å²) in [5.41, 5.74) is 1.42.